The van der Waals surface area contributed by atoms with Gasteiger partial charge < -0.3 is 15.0 Å². The van der Waals surface area contributed by atoms with E-state index in [2.05, 4.69) is 15.2 Å². The molecule has 0 unspecified atom stereocenters. The highest BCUT2D eigenvalue weighted by Crippen LogP contribution is 2.15. The second-order valence-electron chi connectivity index (χ2n) is 3.28. The number of nitrogens with zero attached hydrogens (tertiary/aromatic N) is 2. The summed E-state index contributed by atoms with van der Waals surface area (Å²) in [6, 6.07) is 5.86. The van der Waals surface area contributed by atoms with Crippen LogP contribution in [0.4, 0.5) is 5.82 Å². The highest BCUT2D eigenvalue weighted by molar-refractivity contribution is 5.85. The maximum Gasteiger partial charge on any atom is 0.214 e. The molecule has 0 aliphatic carbocycles. The zero-order valence-corrected chi connectivity index (χ0v) is 10.8. The van der Waals surface area contributed by atoms with Gasteiger partial charge in [0.2, 0.25) is 5.88 Å². The standard InChI is InChI=1S/C10H15N3O.2ClH/c1-14-10-4-2-3-9(12-10)13-7-5-11-6-8-13;;/h2-4,11H,5-8H2,1H3;2*1H. The summed E-state index contributed by atoms with van der Waals surface area (Å²) in [5.41, 5.74) is 0. The van der Waals surface area contributed by atoms with Crippen molar-refractivity contribution in [3.63, 3.8) is 0 Å². The summed E-state index contributed by atoms with van der Waals surface area (Å²) in [6.07, 6.45) is 0. The lowest BCUT2D eigenvalue weighted by Crippen LogP contribution is -2.43. The second kappa shape index (κ2) is 7.54. The molecule has 0 radical (unpaired) electrons. The van der Waals surface area contributed by atoms with Gasteiger partial charge in [0.1, 0.15) is 5.82 Å². The molecule has 1 aromatic rings. The van der Waals surface area contributed by atoms with Crippen molar-refractivity contribution in [1.82, 2.24) is 10.3 Å². The Morgan fingerprint density at radius 1 is 1.25 bits per heavy atom. The molecule has 1 saturated heterocycles. The number of rotatable bonds is 2. The maximum absolute atomic E-state index is 5.09. The van der Waals surface area contributed by atoms with Crippen LogP contribution in [0.3, 0.4) is 0 Å². The fourth-order valence-electron chi connectivity index (χ4n) is 1.59. The quantitative estimate of drug-likeness (QED) is 0.876. The molecular formula is C10H17Cl2N3O. The molecule has 0 spiro atoms. The topological polar surface area (TPSA) is 37.4 Å². The number of hydrogen-bond acceptors (Lipinski definition) is 4. The Kier molecular flexibility index (Phi) is 7.21. The van der Waals surface area contributed by atoms with Crippen LogP contribution in [0.2, 0.25) is 0 Å². The predicted octanol–water partition coefficient (Wildman–Crippen LogP) is 1.34. The Bertz CT molecular complexity index is 306. The third kappa shape index (κ3) is 3.70. The largest absolute Gasteiger partial charge is 0.481 e. The zero-order chi connectivity index (χ0) is 9.80. The molecule has 0 aromatic carbocycles. The van der Waals surface area contributed by atoms with Crippen LogP contribution in [0.1, 0.15) is 0 Å². The minimum Gasteiger partial charge on any atom is -0.481 e. The fraction of sp³-hybridized carbons (Fsp3) is 0.500. The van der Waals surface area contributed by atoms with Crippen molar-refractivity contribution >= 4 is 30.6 Å². The number of ether oxygens (including phenoxy) is 1. The van der Waals surface area contributed by atoms with E-state index < -0.39 is 0 Å². The van der Waals surface area contributed by atoms with E-state index in [0.29, 0.717) is 5.88 Å². The molecule has 2 heterocycles. The van der Waals surface area contributed by atoms with Crippen molar-refractivity contribution in [2.75, 3.05) is 38.2 Å². The summed E-state index contributed by atoms with van der Waals surface area (Å²) in [4.78, 5) is 6.65. The third-order valence-corrected chi connectivity index (χ3v) is 2.36. The molecule has 4 nitrogen and oxygen atoms in total. The van der Waals surface area contributed by atoms with Gasteiger partial charge in [0, 0.05) is 32.2 Å². The number of methoxy groups -OCH3 is 1. The Morgan fingerprint density at radius 2 is 1.94 bits per heavy atom. The number of pyridine rings is 1. The normalized spacial score (nSPS) is 14.7. The minimum atomic E-state index is 0. The van der Waals surface area contributed by atoms with Crippen LogP contribution >= 0.6 is 24.8 Å². The molecular weight excluding hydrogens is 249 g/mol. The first-order valence-corrected chi connectivity index (χ1v) is 4.87. The molecule has 6 heteroatoms. The van der Waals surface area contributed by atoms with E-state index >= 15 is 0 Å². The summed E-state index contributed by atoms with van der Waals surface area (Å²) in [5, 5.41) is 3.31. The van der Waals surface area contributed by atoms with E-state index in [0.717, 1.165) is 32.0 Å². The SMILES string of the molecule is COc1cccc(N2CCNCC2)n1.Cl.Cl. The number of anilines is 1. The lowest BCUT2D eigenvalue weighted by molar-refractivity contribution is 0.397. The lowest BCUT2D eigenvalue weighted by Gasteiger charge is -2.28. The lowest BCUT2D eigenvalue weighted by atomic mass is 10.3. The van der Waals surface area contributed by atoms with Gasteiger partial charge in [0.25, 0.3) is 0 Å². The highest BCUT2D eigenvalue weighted by Gasteiger charge is 2.11. The molecule has 92 valence electrons. The number of nitrogens with one attached hydrogen (secondary N) is 1. The molecule has 1 aliphatic rings. The van der Waals surface area contributed by atoms with Crippen molar-refractivity contribution in [1.29, 1.82) is 0 Å². The van der Waals surface area contributed by atoms with Crippen LogP contribution in [-0.4, -0.2) is 38.3 Å². The van der Waals surface area contributed by atoms with Crippen molar-refractivity contribution < 1.29 is 4.74 Å². The molecule has 0 amide bonds. The molecule has 0 bridgehead atoms. The zero-order valence-electron chi connectivity index (χ0n) is 9.18. The molecule has 0 saturated carbocycles. The smallest absolute Gasteiger partial charge is 0.214 e. The first-order chi connectivity index (χ1) is 6.90. The molecule has 1 N–H and O–H groups in total. The van der Waals surface area contributed by atoms with Gasteiger partial charge in [-0.3, -0.25) is 0 Å². The van der Waals surface area contributed by atoms with E-state index in [9.17, 15) is 0 Å². The van der Waals surface area contributed by atoms with Crippen LogP contribution in [-0.2, 0) is 0 Å². The minimum absolute atomic E-state index is 0. The Labute approximate surface area is 108 Å². The summed E-state index contributed by atoms with van der Waals surface area (Å²) >= 11 is 0. The number of piperazine rings is 1. The average Bonchev–Trinajstić information content (AvgIpc) is 2.30. The van der Waals surface area contributed by atoms with Crippen molar-refractivity contribution in [3.8, 4) is 5.88 Å². The van der Waals surface area contributed by atoms with E-state index in [4.69, 9.17) is 4.74 Å². The monoisotopic (exact) mass is 265 g/mol. The summed E-state index contributed by atoms with van der Waals surface area (Å²) < 4.78 is 5.09. The van der Waals surface area contributed by atoms with Gasteiger partial charge >= 0.3 is 0 Å². The van der Waals surface area contributed by atoms with Crippen molar-refractivity contribution in [3.05, 3.63) is 18.2 Å². The Balaban J connectivity index is 0.00000112. The summed E-state index contributed by atoms with van der Waals surface area (Å²) in [6.45, 7) is 4.08. The molecule has 1 fully saturated rings. The Morgan fingerprint density at radius 3 is 2.56 bits per heavy atom. The van der Waals surface area contributed by atoms with Gasteiger partial charge in [-0.15, -0.1) is 24.8 Å². The van der Waals surface area contributed by atoms with Gasteiger partial charge in [-0.25, -0.2) is 0 Å². The number of halogens is 2. The van der Waals surface area contributed by atoms with E-state index in [1.807, 2.05) is 18.2 Å². The van der Waals surface area contributed by atoms with Gasteiger partial charge in [-0.1, -0.05) is 6.07 Å². The number of hydrogen-bond donors (Lipinski definition) is 1. The van der Waals surface area contributed by atoms with Gasteiger partial charge in [-0.05, 0) is 6.07 Å². The van der Waals surface area contributed by atoms with Gasteiger partial charge in [0.05, 0.1) is 7.11 Å². The molecule has 1 aromatic heterocycles. The van der Waals surface area contributed by atoms with Crippen LogP contribution in [0.5, 0.6) is 5.88 Å². The van der Waals surface area contributed by atoms with Crippen LogP contribution in [0.25, 0.3) is 0 Å². The first-order valence-electron chi connectivity index (χ1n) is 4.87. The molecule has 2 rings (SSSR count). The van der Waals surface area contributed by atoms with Crippen molar-refractivity contribution in [2.45, 2.75) is 0 Å². The average molecular weight is 266 g/mol. The fourth-order valence-corrected chi connectivity index (χ4v) is 1.59. The van der Waals surface area contributed by atoms with E-state index in [-0.39, 0.29) is 24.8 Å². The summed E-state index contributed by atoms with van der Waals surface area (Å²) in [5.74, 6) is 1.69. The summed E-state index contributed by atoms with van der Waals surface area (Å²) in [7, 11) is 1.64. The van der Waals surface area contributed by atoms with Crippen molar-refractivity contribution in [2.24, 2.45) is 0 Å². The van der Waals surface area contributed by atoms with Crippen LogP contribution in [0.15, 0.2) is 18.2 Å². The number of aromatic nitrogens is 1. The molecule has 1 aliphatic heterocycles. The highest BCUT2D eigenvalue weighted by atomic mass is 35.5. The predicted molar refractivity (Wildman–Crippen MR) is 70.4 cm³/mol. The third-order valence-electron chi connectivity index (χ3n) is 2.36. The van der Waals surface area contributed by atoms with E-state index in [1.165, 1.54) is 0 Å². The molecule has 16 heavy (non-hydrogen) atoms. The Hall–Kier alpha value is -0.710. The van der Waals surface area contributed by atoms with Gasteiger partial charge in [0.15, 0.2) is 0 Å². The maximum atomic E-state index is 5.09. The van der Waals surface area contributed by atoms with Gasteiger partial charge in [-0.2, -0.15) is 4.98 Å². The van der Waals surface area contributed by atoms with Crippen LogP contribution in [0, 0.1) is 0 Å². The first kappa shape index (κ1) is 15.3. The second-order valence-corrected chi connectivity index (χ2v) is 3.28. The van der Waals surface area contributed by atoms with E-state index in [1.54, 1.807) is 7.11 Å². The van der Waals surface area contributed by atoms with Crippen LogP contribution < -0.4 is 15.0 Å². The molecule has 0 atom stereocenters.